The number of hydrogen-bond acceptors (Lipinski definition) is 5. The fourth-order valence-electron chi connectivity index (χ4n) is 4.27. The van der Waals surface area contributed by atoms with E-state index in [1.165, 1.54) is 0 Å². The van der Waals surface area contributed by atoms with Gasteiger partial charge in [-0.3, -0.25) is 14.6 Å². The van der Waals surface area contributed by atoms with Gasteiger partial charge in [-0.05, 0) is 42.0 Å². The molecule has 0 radical (unpaired) electrons. The fourth-order valence-corrected chi connectivity index (χ4v) is 4.27. The van der Waals surface area contributed by atoms with Crippen molar-refractivity contribution in [2.24, 2.45) is 5.92 Å². The normalized spacial score (nSPS) is 17.5. The van der Waals surface area contributed by atoms with Gasteiger partial charge in [0.1, 0.15) is 11.5 Å². The van der Waals surface area contributed by atoms with Crippen molar-refractivity contribution in [3.8, 4) is 11.5 Å². The highest BCUT2D eigenvalue weighted by molar-refractivity contribution is 5.95. The average Bonchev–Trinajstić information content (AvgIpc) is 3.33. The molecule has 3 aromatic rings. The molecule has 1 aliphatic heterocycles. The maximum absolute atomic E-state index is 13.3. The average molecular weight is 446 g/mol. The standard InChI is InChI=1S/C26H27N3O4/c1-32-20-10-11-24(33-2)21(13-20)22-16-29(26(31)19-8-4-3-5-9-19)17-23(22)25(30)28-15-18-7-6-12-27-14-18/h3-14,22-23H,15-17H2,1-2H3,(H,28,30). The van der Waals surface area contributed by atoms with Crippen LogP contribution in [-0.2, 0) is 11.3 Å². The second-order valence-corrected chi connectivity index (χ2v) is 7.98. The molecule has 4 rings (SSSR count). The number of pyridine rings is 1. The molecule has 170 valence electrons. The molecule has 1 N–H and O–H groups in total. The molecule has 0 spiro atoms. The summed E-state index contributed by atoms with van der Waals surface area (Å²) in [5.74, 6) is 0.460. The summed E-state index contributed by atoms with van der Waals surface area (Å²) in [6.45, 7) is 1.09. The summed E-state index contributed by atoms with van der Waals surface area (Å²) in [4.78, 5) is 32.3. The van der Waals surface area contributed by atoms with Crippen LogP contribution in [0.3, 0.4) is 0 Å². The Kier molecular flexibility index (Phi) is 6.88. The van der Waals surface area contributed by atoms with E-state index in [1.807, 2.05) is 48.5 Å². The Morgan fingerprint density at radius 3 is 2.55 bits per heavy atom. The molecular formula is C26H27N3O4. The third-order valence-electron chi connectivity index (χ3n) is 5.99. The van der Waals surface area contributed by atoms with Gasteiger partial charge in [0.25, 0.3) is 5.91 Å². The fraction of sp³-hybridized carbons (Fsp3) is 0.269. The van der Waals surface area contributed by atoms with Gasteiger partial charge in [0.05, 0.1) is 20.1 Å². The number of carbonyl (C=O) groups excluding carboxylic acids is 2. The molecule has 2 amide bonds. The molecule has 33 heavy (non-hydrogen) atoms. The van der Waals surface area contributed by atoms with Crippen molar-refractivity contribution < 1.29 is 19.1 Å². The van der Waals surface area contributed by atoms with Crippen LogP contribution < -0.4 is 14.8 Å². The van der Waals surface area contributed by atoms with E-state index in [0.29, 0.717) is 36.7 Å². The van der Waals surface area contributed by atoms with E-state index >= 15 is 0 Å². The van der Waals surface area contributed by atoms with Gasteiger partial charge in [-0.25, -0.2) is 0 Å². The van der Waals surface area contributed by atoms with Crippen LogP contribution in [0.15, 0.2) is 73.1 Å². The van der Waals surface area contributed by atoms with Gasteiger partial charge in [-0.1, -0.05) is 24.3 Å². The Morgan fingerprint density at radius 2 is 1.85 bits per heavy atom. The number of ether oxygens (including phenoxy) is 2. The molecule has 2 unspecified atom stereocenters. The number of rotatable bonds is 7. The zero-order valence-corrected chi connectivity index (χ0v) is 18.7. The first-order valence-corrected chi connectivity index (χ1v) is 10.8. The summed E-state index contributed by atoms with van der Waals surface area (Å²) in [5, 5.41) is 3.02. The SMILES string of the molecule is COc1ccc(OC)c(C2CN(C(=O)c3ccccc3)CC2C(=O)NCc2cccnc2)c1. The third kappa shape index (κ3) is 4.98. The first-order chi connectivity index (χ1) is 16.1. The number of hydrogen-bond donors (Lipinski definition) is 1. The lowest BCUT2D eigenvalue weighted by molar-refractivity contribution is -0.125. The molecule has 0 saturated carbocycles. The minimum atomic E-state index is -0.435. The van der Waals surface area contributed by atoms with Gasteiger partial charge in [0.15, 0.2) is 0 Å². The highest BCUT2D eigenvalue weighted by atomic mass is 16.5. The maximum atomic E-state index is 13.3. The Bertz CT molecular complexity index is 1110. The van der Waals surface area contributed by atoms with Crippen molar-refractivity contribution in [2.45, 2.75) is 12.5 Å². The van der Waals surface area contributed by atoms with Gasteiger partial charge in [0, 0.05) is 49.1 Å². The van der Waals surface area contributed by atoms with Crippen LogP contribution in [0.4, 0.5) is 0 Å². The number of nitrogens with zero attached hydrogens (tertiary/aromatic N) is 2. The number of benzene rings is 2. The van der Waals surface area contributed by atoms with Gasteiger partial charge in [-0.15, -0.1) is 0 Å². The quantitative estimate of drug-likeness (QED) is 0.604. The van der Waals surface area contributed by atoms with Gasteiger partial charge in [-0.2, -0.15) is 0 Å². The summed E-state index contributed by atoms with van der Waals surface area (Å²) < 4.78 is 11.0. The number of methoxy groups -OCH3 is 2. The Labute approximate surface area is 193 Å². The van der Waals surface area contributed by atoms with Crippen LogP contribution in [0.2, 0.25) is 0 Å². The zero-order valence-electron chi connectivity index (χ0n) is 18.7. The molecule has 2 atom stereocenters. The van der Waals surface area contributed by atoms with E-state index in [2.05, 4.69) is 10.3 Å². The van der Waals surface area contributed by atoms with Gasteiger partial charge >= 0.3 is 0 Å². The van der Waals surface area contributed by atoms with E-state index in [4.69, 9.17) is 9.47 Å². The molecule has 7 heteroatoms. The monoisotopic (exact) mass is 445 g/mol. The van der Waals surface area contributed by atoms with E-state index in [-0.39, 0.29) is 17.7 Å². The number of nitrogens with one attached hydrogen (secondary N) is 1. The lowest BCUT2D eigenvalue weighted by Gasteiger charge is -2.21. The van der Waals surface area contributed by atoms with Crippen LogP contribution in [0.25, 0.3) is 0 Å². The maximum Gasteiger partial charge on any atom is 0.253 e. The van der Waals surface area contributed by atoms with Crippen LogP contribution in [0.5, 0.6) is 11.5 Å². The molecule has 2 aromatic carbocycles. The zero-order chi connectivity index (χ0) is 23.2. The molecule has 1 aromatic heterocycles. The molecule has 1 fully saturated rings. The van der Waals surface area contributed by atoms with Crippen molar-refractivity contribution in [1.82, 2.24) is 15.2 Å². The number of amides is 2. The smallest absolute Gasteiger partial charge is 0.253 e. The molecule has 7 nitrogen and oxygen atoms in total. The second kappa shape index (κ2) is 10.2. The molecule has 1 saturated heterocycles. The second-order valence-electron chi connectivity index (χ2n) is 7.98. The molecule has 0 bridgehead atoms. The predicted octanol–water partition coefficient (Wildman–Crippen LogP) is 3.27. The predicted molar refractivity (Wildman–Crippen MR) is 124 cm³/mol. The van der Waals surface area contributed by atoms with Crippen molar-refractivity contribution in [2.75, 3.05) is 27.3 Å². The first kappa shape index (κ1) is 22.3. The van der Waals surface area contributed by atoms with E-state index < -0.39 is 5.92 Å². The summed E-state index contributed by atoms with van der Waals surface area (Å²) in [5.41, 5.74) is 2.36. The Balaban J connectivity index is 1.62. The lowest BCUT2D eigenvalue weighted by atomic mass is 9.87. The topological polar surface area (TPSA) is 80.8 Å². The van der Waals surface area contributed by atoms with Crippen LogP contribution in [-0.4, -0.2) is 49.0 Å². The third-order valence-corrected chi connectivity index (χ3v) is 5.99. The van der Waals surface area contributed by atoms with Gasteiger partial charge in [0.2, 0.25) is 5.91 Å². The number of carbonyl (C=O) groups is 2. The summed E-state index contributed by atoms with van der Waals surface area (Å²) in [6, 6.07) is 18.4. The van der Waals surface area contributed by atoms with Crippen molar-refractivity contribution in [3.05, 3.63) is 89.7 Å². The van der Waals surface area contributed by atoms with Crippen molar-refractivity contribution in [3.63, 3.8) is 0 Å². The Hall–Kier alpha value is -3.87. The highest BCUT2D eigenvalue weighted by Crippen LogP contribution is 2.40. The first-order valence-electron chi connectivity index (χ1n) is 10.8. The van der Waals surface area contributed by atoms with Crippen LogP contribution >= 0.6 is 0 Å². The van der Waals surface area contributed by atoms with Crippen molar-refractivity contribution >= 4 is 11.8 Å². The van der Waals surface area contributed by atoms with E-state index in [0.717, 1.165) is 11.1 Å². The highest BCUT2D eigenvalue weighted by Gasteiger charge is 2.41. The summed E-state index contributed by atoms with van der Waals surface area (Å²) in [7, 11) is 3.20. The Morgan fingerprint density at radius 1 is 1.03 bits per heavy atom. The van der Waals surface area contributed by atoms with Crippen LogP contribution in [0, 0.1) is 5.92 Å². The van der Waals surface area contributed by atoms with Gasteiger partial charge < -0.3 is 19.7 Å². The minimum Gasteiger partial charge on any atom is -0.497 e. The number of aromatic nitrogens is 1. The molecule has 2 heterocycles. The lowest BCUT2D eigenvalue weighted by Crippen LogP contribution is -2.35. The molecule has 1 aliphatic rings. The van der Waals surface area contributed by atoms with E-state index in [9.17, 15) is 9.59 Å². The largest absolute Gasteiger partial charge is 0.497 e. The number of likely N-dealkylation sites (tertiary alicyclic amines) is 1. The van der Waals surface area contributed by atoms with E-state index in [1.54, 1.807) is 43.6 Å². The summed E-state index contributed by atoms with van der Waals surface area (Å²) in [6.07, 6.45) is 3.42. The minimum absolute atomic E-state index is 0.0926. The molecule has 0 aliphatic carbocycles. The van der Waals surface area contributed by atoms with Crippen molar-refractivity contribution in [1.29, 1.82) is 0 Å². The summed E-state index contributed by atoms with van der Waals surface area (Å²) >= 11 is 0. The van der Waals surface area contributed by atoms with Crippen LogP contribution in [0.1, 0.15) is 27.4 Å². The molecular weight excluding hydrogens is 418 g/mol.